The average Bonchev–Trinajstić information content (AvgIpc) is 2.77. The molecule has 0 aliphatic heterocycles. The number of nitrogens with one attached hydrogen (secondary N) is 1. The van der Waals surface area contributed by atoms with Gasteiger partial charge in [0.2, 0.25) is 21.8 Å². The van der Waals surface area contributed by atoms with Crippen LogP contribution in [0.4, 0.5) is 14.5 Å². The van der Waals surface area contributed by atoms with Crippen LogP contribution < -0.4 is 9.62 Å². The minimum absolute atomic E-state index is 0.00373. The van der Waals surface area contributed by atoms with E-state index < -0.39 is 46.1 Å². The third-order valence-corrected chi connectivity index (χ3v) is 6.56. The molecule has 186 valence electrons. The first-order valence-corrected chi connectivity index (χ1v) is 12.9. The van der Waals surface area contributed by atoms with Crippen LogP contribution in [0.3, 0.4) is 0 Å². The number of benzene rings is 2. The third kappa shape index (κ3) is 7.66. The van der Waals surface area contributed by atoms with Crippen LogP contribution in [0.15, 0.2) is 42.5 Å². The summed E-state index contributed by atoms with van der Waals surface area (Å²) in [6.07, 6.45) is 2.54. The Morgan fingerprint density at radius 1 is 1.12 bits per heavy atom. The number of sulfonamides is 1. The zero-order chi connectivity index (χ0) is 25.5. The Morgan fingerprint density at radius 2 is 1.76 bits per heavy atom. The molecule has 0 bridgehead atoms. The zero-order valence-corrected chi connectivity index (χ0v) is 20.8. The van der Waals surface area contributed by atoms with Crippen molar-refractivity contribution in [3.63, 3.8) is 0 Å². The highest BCUT2D eigenvalue weighted by molar-refractivity contribution is 7.92. The molecule has 0 aromatic heterocycles. The maximum atomic E-state index is 13.6. The summed E-state index contributed by atoms with van der Waals surface area (Å²) in [5.74, 6) is -2.27. The molecular weight excluding hydrogens is 488 g/mol. The van der Waals surface area contributed by atoms with Crippen molar-refractivity contribution in [3.05, 3.63) is 64.7 Å². The summed E-state index contributed by atoms with van der Waals surface area (Å²) in [7, 11) is -3.96. The number of carbonyl (C=O) groups is 2. The average molecular weight is 516 g/mol. The van der Waals surface area contributed by atoms with E-state index in [9.17, 15) is 26.8 Å². The minimum Gasteiger partial charge on any atom is -0.354 e. The van der Waals surface area contributed by atoms with Crippen molar-refractivity contribution >= 4 is 39.1 Å². The fourth-order valence-corrected chi connectivity index (χ4v) is 4.18. The molecule has 0 heterocycles. The summed E-state index contributed by atoms with van der Waals surface area (Å²) >= 11 is 5.80. The Morgan fingerprint density at radius 3 is 2.32 bits per heavy atom. The number of nitrogens with zero attached hydrogens (tertiary/aromatic N) is 2. The van der Waals surface area contributed by atoms with Crippen LogP contribution in [-0.4, -0.2) is 50.5 Å². The van der Waals surface area contributed by atoms with Gasteiger partial charge in [0.15, 0.2) is 0 Å². The van der Waals surface area contributed by atoms with E-state index >= 15 is 0 Å². The second-order valence-corrected chi connectivity index (χ2v) is 10.2. The van der Waals surface area contributed by atoms with Crippen LogP contribution in [0.1, 0.15) is 32.3 Å². The maximum absolute atomic E-state index is 13.6. The van der Waals surface area contributed by atoms with Crippen molar-refractivity contribution in [2.45, 2.75) is 39.3 Å². The van der Waals surface area contributed by atoms with Gasteiger partial charge in [0.25, 0.3) is 0 Å². The highest BCUT2D eigenvalue weighted by Gasteiger charge is 2.30. The van der Waals surface area contributed by atoms with E-state index in [-0.39, 0.29) is 17.3 Å². The molecule has 0 spiro atoms. The lowest BCUT2D eigenvalue weighted by Gasteiger charge is -2.31. The van der Waals surface area contributed by atoms with Crippen LogP contribution >= 0.6 is 11.6 Å². The Bertz CT molecular complexity index is 1110. The smallest absolute Gasteiger partial charge is 0.244 e. The molecule has 2 aromatic carbocycles. The standard InChI is InChI=1S/C23H28ClF2N3O4S/c1-4-5-12-27-23(31)16(2)28(14-17-6-8-18(25)9-7-17)22(30)15-29(34(3,32)33)19-10-11-21(26)20(24)13-19/h6-11,13,16H,4-5,12,14-15H2,1-3H3,(H,27,31). The van der Waals surface area contributed by atoms with Crippen LogP contribution in [-0.2, 0) is 26.2 Å². The molecule has 0 fully saturated rings. The topological polar surface area (TPSA) is 86.8 Å². The number of hydrogen-bond acceptors (Lipinski definition) is 4. The van der Waals surface area contributed by atoms with Gasteiger partial charge in [0.1, 0.15) is 24.2 Å². The van der Waals surface area contributed by atoms with E-state index in [1.165, 1.54) is 42.2 Å². The fraction of sp³-hybridized carbons (Fsp3) is 0.391. The van der Waals surface area contributed by atoms with Gasteiger partial charge in [-0.15, -0.1) is 0 Å². The molecule has 0 aliphatic rings. The van der Waals surface area contributed by atoms with Crippen molar-refractivity contribution in [2.24, 2.45) is 0 Å². The van der Waals surface area contributed by atoms with Gasteiger partial charge in [-0.05, 0) is 49.2 Å². The number of amides is 2. The van der Waals surface area contributed by atoms with Crippen molar-refractivity contribution < 1.29 is 26.8 Å². The van der Waals surface area contributed by atoms with Crippen LogP contribution in [0.25, 0.3) is 0 Å². The third-order valence-electron chi connectivity index (χ3n) is 5.13. The number of hydrogen-bond donors (Lipinski definition) is 1. The lowest BCUT2D eigenvalue weighted by Crippen LogP contribution is -2.51. The van der Waals surface area contributed by atoms with E-state index in [1.54, 1.807) is 0 Å². The Labute approximate surface area is 203 Å². The van der Waals surface area contributed by atoms with E-state index in [0.29, 0.717) is 12.1 Å². The quantitative estimate of drug-likeness (QED) is 0.462. The van der Waals surface area contributed by atoms with Gasteiger partial charge in [0, 0.05) is 13.1 Å². The predicted molar refractivity (Wildman–Crippen MR) is 128 cm³/mol. The predicted octanol–water partition coefficient (Wildman–Crippen LogP) is 3.72. The molecule has 1 atom stereocenters. The minimum atomic E-state index is -3.96. The summed E-state index contributed by atoms with van der Waals surface area (Å²) in [5, 5.41) is 2.46. The summed E-state index contributed by atoms with van der Waals surface area (Å²) in [4.78, 5) is 27.2. The molecule has 0 radical (unpaired) electrons. The molecule has 0 saturated heterocycles. The van der Waals surface area contributed by atoms with E-state index in [2.05, 4.69) is 5.32 Å². The molecule has 7 nitrogen and oxygen atoms in total. The Balaban J connectivity index is 2.35. The van der Waals surface area contributed by atoms with Gasteiger partial charge in [-0.1, -0.05) is 37.1 Å². The van der Waals surface area contributed by atoms with E-state index in [0.717, 1.165) is 35.5 Å². The van der Waals surface area contributed by atoms with E-state index in [1.807, 2.05) is 6.92 Å². The molecule has 1 unspecified atom stereocenters. The molecule has 34 heavy (non-hydrogen) atoms. The van der Waals surface area contributed by atoms with Crippen molar-refractivity contribution in [3.8, 4) is 0 Å². The van der Waals surface area contributed by atoms with Gasteiger partial charge >= 0.3 is 0 Å². The Hall–Kier alpha value is -2.72. The molecule has 2 amide bonds. The SMILES string of the molecule is CCCCNC(=O)C(C)N(Cc1ccc(F)cc1)C(=O)CN(c1ccc(F)c(Cl)c1)S(C)(=O)=O. The molecule has 11 heteroatoms. The lowest BCUT2D eigenvalue weighted by molar-refractivity contribution is -0.139. The highest BCUT2D eigenvalue weighted by Crippen LogP contribution is 2.25. The van der Waals surface area contributed by atoms with Crippen LogP contribution in [0.2, 0.25) is 5.02 Å². The molecule has 2 aromatic rings. The first-order valence-electron chi connectivity index (χ1n) is 10.7. The normalized spacial score (nSPS) is 12.2. The largest absolute Gasteiger partial charge is 0.354 e. The zero-order valence-electron chi connectivity index (χ0n) is 19.2. The van der Waals surface area contributed by atoms with Crippen molar-refractivity contribution in [2.75, 3.05) is 23.7 Å². The molecule has 0 aliphatic carbocycles. The summed E-state index contributed by atoms with van der Waals surface area (Å²) in [5.41, 5.74) is 0.558. The number of unbranched alkanes of at least 4 members (excludes halogenated alkanes) is 1. The number of rotatable bonds is 11. The fourth-order valence-electron chi connectivity index (χ4n) is 3.16. The molecule has 0 saturated carbocycles. The Kier molecular flexibility index (Phi) is 9.81. The number of carbonyl (C=O) groups excluding carboxylic acids is 2. The number of halogens is 3. The lowest BCUT2D eigenvalue weighted by atomic mass is 10.1. The van der Waals surface area contributed by atoms with Crippen LogP contribution in [0, 0.1) is 11.6 Å². The summed E-state index contributed by atoms with van der Waals surface area (Å²) < 4.78 is 52.6. The second-order valence-electron chi connectivity index (χ2n) is 7.84. The van der Waals surface area contributed by atoms with Gasteiger partial charge in [-0.3, -0.25) is 13.9 Å². The molecular formula is C23H28ClF2N3O4S. The van der Waals surface area contributed by atoms with Gasteiger partial charge in [0.05, 0.1) is 17.0 Å². The number of anilines is 1. The molecule has 1 N–H and O–H groups in total. The first kappa shape index (κ1) is 27.5. The highest BCUT2D eigenvalue weighted by atomic mass is 35.5. The molecule has 2 rings (SSSR count). The van der Waals surface area contributed by atoms with Crippen LogP contribution in [0.5, 0.6) is 0 Å². The van der Waals surface area contributed by atoms with Gasteiger partial charge < -0.3 is 10.2 Å². The summed E-state index contributed by atoms with van der Waals surface area (Å²) in [6, 6.07) is 7.78. The van der Waals surface area contributed by atoms with Gasteiger partial charge in [-0.2, -0.15) is 0 Å². The van der Waals surface area contributed by atoms with Crippen molar-refractivity contribution in [1.82, 2.24) is 10.2 Å². The van der Waals surface area contributed by atoms with Crippen molar-refractivity contribution in [1.29, 1.82) is 0 Å². The maximum Gasteiger partial charge on any atom is 0.244 e. The van der Waals surface area contributed by atoms with Gasteiger partial charge in [-0.25, -0.2) is 17.2 Å². The summed E-state index contributed by atoms with van der Waals surface area (Å²) in [6.45, 7) is 3.24. The second kappa shape index (κ2) is 12.1. The van der Waals surface area contributed by atoms with E-state index in [4.69, 9.17) is 11.6 Å². The monoisotopic (exact) mass is 515 g/mol. The first-order chi connectivity index (χ1) is 15.9.